The van der Waals surface area contributed by atoms with Gasteiger partial charge in [0.05, 0.1) is 5.39 Å². The number of nitrogens with two attached hydrogens (primary N) is 1. The van der Waals surface area contributed by atoms with Crippen molar-refractivity contribution in [3.63, 3.8) is 0 Å². The van der Waals surface area contributed by atoms with Crippen LogP contribution in [0.1, 0.15) is 23.3 Å². The number of thiophene rings is 1. The summed E-state index contributed by atoms with van der Waals surface area (Å²) >= 11 is 1.61. The van der Waals surface area contributed by atoms with Crippen molar-refractivity contribution < 1.29 is 4.79 Å². The Morgan fingerprint density at radius 3 is 2.71 bits per heavy atom. The van der Waals surface area contributed by atoms with Gasteiger partial charge in [0.1, 0.15) is 17.2 Å². The van der Waals surface area contributed by atoms with Gasteiger partial charge < -0.3 is 5.73 Å². The molecule has 1 aliphatic carbocycles. The van der Waals surface area contributed by atoms with Crippen molar-refractivity contribution in [2.24, 2.45) is 5.73 Å². The summed E-state index contributed by atoms with van der Waals surface area (Å²) in [7, 11) is 0. The molecule has 2 aromatic heterocycles. The smallest absolute Gasteiger partial charge is 0.263 e. The second-order valence-corrected chi connectivity index (χ2v) is 7.13. The molecule has 0 saturated heterocycles. The number of fused-ring (bicyclic) bond motifs is 3. The highest BCUT2D eigenvalue weighted by Gasteiger charge is 2.22. The Hall–Kier alpha value is -2.47. The molecule has 0 spiro atoms. The molecule has 3 aromatic rings. The van der Waals surface area contributed by atoms with Crippen LogP contribution in [-0.4, -0.2) is 15.5 Å². The van der Waals surface area contributed by atoms with Gasteiger partial charge in [-0.15, -0.1) is 11.3 Å². The lowest BCUT2D eigenvalue weighted by Crippen LogP contribution is -2.30. The zero-order valence-corrected chi connectivity index (χ0v) is 13.9. The van der Waals surface area contributed by atoms with Gasteiger partial charge in [0.2, 0.25) is 5.91 Å². The van der Waals surface area contributed by atoms with E-state index in [-0.39, 0.29) is 12.1 Å². The fraction of sp³-hybridized carbons (Fsp3) is 0.278. The number of hydrogen-bond donors (Lipinski definition) is 1. The van der Waals surface area contributed by atoms with Crippen LogP contribution in [0.2, 0.25) is 0 Å². The van der Waals surface area contributed by atoms with Crippen LogP contribution in [0.5, 0.6) is 0 Å². The van der Waals surface area contributed by atoms with Crippen molar-refractivity contribution in [3.05, 3.63) is 51.1 Å². The van der Waals surface area contributed by atoms with Gasteiger partial charge in [0, 0.05) is 10.4 Å². The number of aromatic nitrogens is 2. The quantitative estimate of drug-likeness (QED) is 0.796. The van der Waals surface area contributed by atoms with Crippen LogP contribution in [0, 0.1) is 0 Å². The molecule has 1 aromatic carbocycles. The molecule has 0 atom stereocenters. The minimum atomic E-state index is -0.542. The first-order valence-electron chi connectivity index (χ1n) is 8.04. The third-order valence-corrected chi connectivity index (χ3v) is 5.61. The topological polar surface area (TPSA) is 78.0 Å². The summed E-state index contributed by atoms with van der Waals surface area (Å²) in [5.41, 5.74) is 7.15. The highest BCUT2D eigenvalue weighted by molar-refractivity contribution is 7.18. The number of aryl methyl sites for hydroxylation is 2. The summed E-state index contributed by atoms with van der Waals surface area (Å²) in [5, 5.41) is 0.677. The molecule has 0 fully saturated rings. The van der Waals surface area contributed by atoms with Crippen molar-refractivity contribution in [1.82, 2.24) is 9.55 Å². The van der Waals surface area contributed by atoms with Crippen LogP contribution in [0.3, 0.4) is 0 Å². The number of benzene rings is 1. The first-order valence-corrected chi connectivity index (χ1v) is 8.85. The Kier molecular flexibility index (Phi) is 3.69. The molecular formula is C18H17N3O2S. The van der Waals surface area contributed by atoms with E-state index in [2.05, 4.69) is 0 Å². The summed E-state index contributed by atoms with van der Waals surface area (Å²) in [6.45, 7) is -0.156. The largest absolute Gasteiger partial charge is 0.368 e. The number of carbonyl (C=O) groups is 1. The lowest BCUT2D eigenvalue weighted by molar-refractivity contribution is -0.118. The van der Waals surface area contributed by atoms with E-state index in [9.17, 15) is 9.59 Å². The van der Waals surface area contributed by atoms with Gasteiger partial charge in [-0.05, 0) is 31.2 Å². The van der Waals surface area contributed by atoms with E-state index in [1.165, 1.54) is 9.44 Å². The van der Waals surface area contributed by atoms with Crippen molar-refractivity contribution in [2.75, 3.05) is 0 Å². The molecule has 0 saturated carbocycles. The number of hydrogen-bond acceptors (Lipinski definition) is 4. The minimum Gasteiger partial charge on any atom is -0.368 e. The number of nitrogens with zero attached hydrogens (tertiary/aromatic N) is 2. The van der Waals surface area contributed by atoms with Gasteiger partial charge in [0.25, 0.3) is 5.56 Å². The Morgan fingerprint density at radius 2 is 1.96 bits per heavy atom. The first-order chi connectivity index (χ1) is 11.6. The number of amides is 1. The van der Waals surface area contributed by atoms with Crippen molar-refractivity contribution >= 4 is 27.5 Å². The Bertz CT molecular complexity index is 989. The summed E-state index contributed by atoms with van der Waals surface area (Å²) in [6.07, 6.45) is 4.16. The average molecular weight is 339 g/mol. The van der Waals surface area contributed by atoms with Crippen molar-refractivity contribution in [2.45, 2.75) is 32.2 Å². The summed E-state index contributed by atoms with van der Waals surface area (Å²) in [5.74, 6) is -0.0370. The van der Waals surface area contributed by atoms with Gasteiger partial charge in [-0.25, -0.2) is 4.98 Å². The van der Waals surface area contributed by atoms with Crippen LogP contribution in [-0.2, 0) is 24.2 Å². The number of carbonyl (C=O) groups excluding carboxylic acids is 1. The van der Waals surface area contributed by atoms with Gasteiger partial charge in [-0.3, -0.25) is 14.2 Å². The second kappa shape index (κ2) is 5.87. The van der Waals surface area contributed by atoms with Crippen LogP contribution in [0.15, 0.2) is 35.1 Å². The van der Waals surface area contributed by atoms with Crippen molar-refractivity contribution in [1.29, 1.82) is 0 Å². The third kappa shape index (κ3) is 2.43. The van der Waals surface area contributed by atoms with E-state index in [0.717, 1.165) is 41.6 Å². The molecule has 0 aliphatic heterocycles. The molecule has 1 amide bonds. The van der Waals surface area contributed by atoms with Crippen LogP contribution in [0.25, 0.3) is 21.6 Å². The van der Waals surface area contributed by atoms with Gasteiger partial charge in [-0.2, -0.15) is 0 Å². The van der Waals surface area contributed by atoms with E-state index in [0.29, 0.717) is 11.2 Å². The molecule has 1 aliphatic rings. The summed E-state index contributed by atoms with van der Waals surface area (Å²) < 4.78 is 1.42. The maximum atomic E-state index is 13.1. The minimum absolute atomic E-state index is 0.156. The fourth-order valence-corrected chi connectivity index (χ4v) is 4.60. The lowest BCUT2D eigenvalue weighted by atomic mass is 9.97. The van der Waals surface area contributed by atoms with E-state index in [1.807, 2.05) is 30.3 Å². The van der Waals surface area contributed by atoms with Crippen LogP contribution < -0.4 is 11.3 Å². The second-order valence-electron chi connectivity index (χ2n) is 6.05. The van der Waals surface area contributed by atoms with E-state index < -0.39 is 5.91 Å². The van der Waals surface area contributed by atoms with E-state index in [4.69, 9.17) is 10.7 Å². The van der Waals surface area contributed by atoms with Gasteiger partial charge in [-0.1, -0.05) is 30.3 Å². The number of rotatable bonds is 3. The molecule has 2 heterocycles. The van der Waals surface area contributed by atoms with E-state index >= 15 is 0 Å². The molecule has 0 unspecified atom stereocenters. The molecule has 0 bridgehead atoms. The molecule has 4 rings (SSSR count). The monoisotopic (exact) mass is 339 g/mol. The normalized spacial score (nSPS) is 13.8. The Balaban J connectivity index is 2.04. The maximum Gasteiger partial charge on any atom is 0.263 e. The highest BCUT2D eigenvalue weighted by Crippen LogP contribution is 2.34. The molecule has 0 radical (unpaired) electrons. The molecule has 2 N–H and O–H groups in total. The van der Waals surface area contributed by atoms with E-state index in [1.54, 1.807) is 11.3 Å². The van der Waals surface area contributed by atoms with Gasteiger partial charge in [0.15, 0.2) is 0 Å². The molecule has 5 nitrogen and oxygen atoms in total. The Labute approximate surface area is 142 Å². The summed E-state index contributed by atoms with van der Waals surface area (Å²) in [4.78, 5) is 31.4. The molecule has 24 heavy (non-hydrogen) atoms. The predicted octanol–water partition coefficient (Wildman–Crippen LogP) is 2.49. The van der Waals surface area contributed by atoms with Crippen LogP contribution in [0.4, 0.5) is 0 Å². The Morgan fingerprint density at radius 1 is 1.21 bits per heavy atom. The van der Waals surface area contributed by atoms with Gasteiger partial charge >= 0.3 is 0 Å². The zero-order valence-electron chi connectivity index (χ0n) is 13.1. The predicted molar refractivity (Wildman–Crippen MR) is 95.2 cm³/mol. The van der Waals surface area contributed by atoms with Crippen molar-refractivity contribution in [3.8, 4) is 11.4 Å². The fourth-order valence-electron chi connectivity index (χ4n) is 3.35. The average Bonchev–Trinajstić information content (AvgIpc) is 2.96. The molecule has 6 heteroatoms. The zero-order chi connectivity index (χ0) is 16.7. The standard InChI is InChI=1S/C18H17N3O2S/c19-14(22)10-21-16(11-6-2-1-3-7-11)20-17-15(18(21)23)12-8-4-5-9-13(12)24-17/h1-3,6-7H,4-5,8-10H2,(H2,19,22). The SMILES string of the molecule is NC(=O)Cn1c(-c2ccccc2)nc2sc3c(c2c1=O)CCCC3. The third-order valence-electron chi connectivity index (χ3n) is 4.42. The molecule has 122 valence electrons. The summed E-state index contributed by atoms with van der Waals surface area (Å²) in [6, 6.07) is 9.46. The number of primary amides is 1. The first kappa shape index (κ1) is 15.1. The lowest BCUT2D eigenvalue weighted by Gasteiger charge is -2.12. The highest BCUT2D eigenvalue weighted by atomic mass is 32.1. The molecular weight excluding hydrogens is 322 g/mol. The van der Waals surface area contributed by atoms with Crippen LogP contribution >= 0.6 is 11.3 Å². The maximum absolute atomic E-state index is 13.1.